The summed E-state index contributed by atoms with van der Waals surface area (Å²) in [6.07, 6.45) is 0. The summed E-state index contributed by atoms with van der Waals surface area (Å²) in [5, 5.41) is 0.257. The Morgan fingerprint density at radius 3 is 2.80 bits per heavy atom. The number of anilines is 1. The lowest BCUT2D eigenvalue weighted by Crippen LogP contribution is -2.45. The van der Waals surface area contributed by atoms with Crippen molar-refractivity contribution < 1.29 is 18.7 Å². The molecule has 0 atom stereocenters. The number of benzene rings is 2. The van der Waals surface area contributed by atoms with Crippen LogP contribution in [-0.4, -0.2) is 36.9 Å². The van der Waals surface area contributed by atoms with Gasteiger partial charge in [0.1, 0.15) is 18.1 Å². The first kappa shape index (κ1) is 17.2. The molecule has 130 valence electrons. The first-order chi connectivity index (χ1) is 12.0. The Balaban J connectivity index is 1.75. The zero-order valence-electron chi connectivity index (χ0n) is 13.5. The van der Waals surface area contributed by atoms with E-state index in [0.29, 0.717) is 11.4 Å². The van der Waals surface area contributed by atoms with Crippen LogP contribution < -0.4 is 9.64 Å². The Kier molecular flexibility index (Phi) is 4.90. The number of rotatable bonds is 4. The minimum absolute atomic E-state index is 0.0184. The predicted octanol–water partition coefficient (Wildman–Crippen LogP) is 2.86. The van der Waals surface area contributed by atoms with Crippen LogP contribution in [0.2, 0.25) is 5.02 Å². The topological polar surface area (TPSA) is 49.9 Å². The van der Waals surface area contributed by atoms with Gasteiger partial charge in [0.05, 0.1) is 5.69 Å². The van der Waals surface area contributed by atoms with Crippen molar-refractivity contribution in [2.24, 2.45) is 0 Å². The lowest BCUT2D eigenvalue weighted by Gasteiger charge is -2.30. The van der Waals surface area contributed by atoms with Crippen LogP contribution in [0.5, 0.6) is 5.75 Å². The van der Waals surface area contributed by atoms with E-state index in [4.69, 9.17) is 16.3 Å². The van der Waals surface area contributed by atoms with Crippen LogP contribution in [0.1, 0.15) is 5.56 Å². The van der Waals surface area contributed by atoms with Crippen LogP contribution in [0.15, 0.2) is 42.5 Å². The molecule has 0 aromatic heterocycles. The van der Waals surface area contributed by atoms with Crippen LogP contribution in [0, 0.1) is 5.82 Å². The van der Waals surface area contributed by atoms with E-state index >= 15 is 0 Å². The Hall–Kier alpha value is -2.60. The van der Waals surface area contributed by atoms with E-state index in [1.54, 1.807) is 37.4 Å². The van der Waals surface area contributed by atoms with Crippen LogP contribution in [0.4, 0.5) is 10.1 Å². The highest BCUT2D eigenvalue weighted by Crippen LogP contribution is 2.31. The molecule has 7 heteroatoms. The SMILES string of the molecule is CN(Cc1c(F)cccc1Cl)C(=O)CN1C(=O)COc2ccccc21. The van der Waals surface area contributed by atoms with Gasteiger partial charge in [-0.1, -0.05) is 29.8 Å². The molecular weight excluding hydrogens is 347 g/mol. The van der Waals surface area contributed by atoms with Crippen molar-refractivity contribution in [2.45, 2.75) is 6.54 Å². The third-order valence-corrected chi connectivity index (χ3v) is 4.34. The van der Waals surface area contributed by atoms with E-state index in [9.17, 15) is 14.0 Å². The van der Waals surface area contributed by atoms with Gasteiger partial charge in [-0.15, -0.1) is 0 Å². The quantitative estimate of drug-likeness (QED) is 0.840. The lowest BCUT2D eigenvalue weighted by molar-refractivity contribution is -0.131. The zero-order chi connectivity index (χ0) is 18.0. The van der Waals surface area contributed by atoms with E-state index in [2.05, 4.69) is 0 Å². The van der Waals surface area contributed by atoms with E-state index in [0.717, 1.165) is 0 Å². The Morgan fingerprint density at radius 1 is 1.28 bits per heavy atom. The second-order valence-electron chi connectivity index (χ2n) is 5.69. The number of hydrogen-bond donors (Lipinski definition) is 0. The standard InChI is InChI=1S/C18H16ClFN2O3/c1-21(9-12-13(19)5-4-6-14(12)20)17(23)10-22-15-7-2-3-8-16(15)25-11-18(22)24/h2-8H,9-11H2,1H3. The molecule has 5 nitrogen and oxygen atoms in total. The average Bonchev–Trinajstić information content (AvgIpc) is 2.60. The first-order valence-corrected chi connectivity index (χ1v) is 8.04. The molecular formula is C18H16ClFN2O3. The van der Waals surface area contributed by atoms with Crippen molar-refractivity contribution in [3.05, 3.63) is 58.9 Å². The molecule has 0 N–H and O–H groups in total. The summed E-state index contributed by atoms with van der Waals surface area (Å²) in [5.41, 5.74) is 0.790. The largest absolute Gasteiger partial charge is 0.482 e. The van der Waals surface area contributed by atoms with E-state index in [1.165, 1.54) is 21.9 Å². The molecule has 0 radical (unpaired) electrons. The number of amides is 2. The fraction of sp³-hybridized carbons (Fsp3) is 0.222. The lowest BCUT2D eigenvalue weighted by atomic mass is 10.2. The minimum atomic E-state index is -0.472. The van der Waals surface area contributed by atoms with E-state index in [1.807, 2.05) is 0 Å². The number of para-hydroxylation sites is 2. The Morgan fingerprint density at radius 2 is 2.04 bits per heavy atom. The van der Waals surface area contributed by atoms with Crippen molar-refractivity contribution in [2.75, 3.05) is 25.1 Å². The average molecular weight is 363 g/mol. The molecule has 2 amide bonds. The smallest absolute Gasteiger partial charge is 0.265 e. The number of ether oxygens (including phenoxy) is 1. The Labute approximate surface area is 149 Å². The molecule has 1 aliphatic heterocycles. The molecule has 0 spiro atoms. The Bertz CT molecular complexity index is 807. The van der Waals surface area contributed by atoms with Gasteiger partial charge >= 0.3 is 0 Å². The van der Waals surface area contributed by atoms with E-state index < -0.39 is 5.82 Å². The highest BCUT2D eigenvalue weighted by Gasteiger charge is 2.28. The minimum Gasteiger partial charge on any atom is -0.482 e. The van der Waals surface area contributed by atoms with Crippen molar-refractivity contribution in [3.63, 3.8) is 0 Å². The van der Waals surface area contributed by atoms with Gasteiger partial charge in [0.15, 0.2) is 6.61 Å². The fourth-order valence-electron chi connectivity index (χ4n) is 2.59. The van der Waals surface area contributed by atoms with Gasteiger partial charge in [-0.25, -0.2) is 4.39 Å². The van der Waals surface area contributed by atoms with Gasteiger partial charge in [0.2, 0.25) is 5.91 Å². The number of hydrogen-bond acceptors (Lipinski definition) is 3. The maximum absolute atomic E-state index is 13.9. The molecule has 2 aromatic carbocycles. The second-order valence-corrected chi connectivity index (χ2v) is 6.09. The summed E-state index contributed by atoms with van der Waals surface area (Å²) in [6.45, 7) is -0.251. The molecule has 0 unspecified atom stereocenters. The van der Waals surface area contributed by atoms with Gasteiger partial charge in [-0.2, -0.15) is 0 Å². The number of carbonyl (C=O) groups is 2. The highest BCUT2D eigenvalue weighted by atomic mass is 35.5. The third kappa shape index (κ3) is 3.58. The molecule has 0 saturated heterocycles. The summed E-state index contributed by atoms with van der Waals surface area (Å²) < 4.78 is 19.2. The highest BCUT2D eigenvalue weighted by molar-refractivity contribution is 6.31. The monoisotopic (exact) mass is 362 g/mol. The van der Waals surface area contributed by atoms with Gasteiger partial charge < -0.3 is 9.64 Å². The summed E-state index contributed by atoms with van der Waals surface area (Å²) in [6, 6.07) is 11.4. The van der Waals surface area contributed by atoms with Gasteiger partial charge in [-0.05, 0) is 24.3 Å². The van der Waals surface area contributed by atoms with Gasteiger partial charge in [-0.3, -0.25) is 14.5 Å². The van der Waals surface area contributed by atoms with Crippen LogP contribution in [-0.2, 0) is 16.1 Å². The predicted molar refractivity (Wildman–Crippen MR) is 92.2 cm³/mol. The first-order valence-electron chi connectivity index (χ1n) is 7.66. The maximum Gasteiger partial charge on any atom is 0.265 e. The number of fused-ring (bicyclic) bond motifs is 1. The summed E-state index contributed by atoms with van der Waals surface area (Å²) in [4.78, 5) is 27.4. The van der Waals surface area contributed by atoms with Crippen LogP contribution in [0.25, 0.3) is 0 Å². The number of carbonyl (C=O) groups excluding carboxylic acids is 2. The molecule has 2 aromatic rings. The van der Waals surface area contributed by atoms with Crippen molar-refractivity contribution in [3.8, 4) is 5.75 Å². The molecule has 0 saturated carbocycles. The fourth-order valence-corrected chi connectivity index (χ4v) is 2.81. The molecule has 1 heterocycles. The normalized spacial score (nSPS) is 13.2. The van der Waals surface area contributed by atoms with E-state index in [-0.39, 0.29) is 42.1 Å². The molecule has 3 rings (SSSR count). The van der Waals surface area contributed by atoms with Crippen molar-refractivity contribution in [1.82, 2.24) is 4.90 Å². The summed E-state index contributed by atoms with van der Waals surface area (Å²) >= 11 is 6.00. The van der Waals surface area contributed by atoms with Crippen LogP contribution in [0.3, 0.4) is 0 Å². The third-order valence-electron chi connectivity index (χ3n) is 3.98. The number of likely N-dealkylation sites (N-methyl/N-ethyl adjacent to an activating group) is 1. The molecule has 0 bridgehead atoms. The summed E-state index contributed by atoms with van der Waals surface area (Å²) in [5.74, 6) is -0.552. The number of nitrogens with zero attached hydrogens (tertiary/aromatic N) is 2. The maximum atomic E-state index is 13.9. The van der Waals surface area contributed by atoms with Crippen LogP contribution >= 0.6 is 11.6 Å². The molecule has 0 fully saturated rings. The molecule has 25 heavy (non-hydrogen) atoms. The number of halogens is 2. The van der Waals surface area contributed by atoms with Crippen molar-refractivity contribution >= 4 is 29.1 Å². The zero-order valence-corrected chi connectivity index (χ0v) is 14.3. The van der Waals surface area contributed by atoms with Crippen molar-refractivity contribution in [1.29, 1.82) is 0 Å². The van der Waals surface area contributed by atoms with Gasteiger partial charge in [0.25, 0.3) is 5.91 Å². The second kappa shape index (κ2) is 7.11. The molecule has 0 aliphatic carbocycles. The molecule has 1 aliphatic rings. The summed E-state index contributed by atoms with van der Waals surface area (Å²) in [7, 11) is 1.54. The van der Waals surface area contributed by atoms with Gasteiger partial charge in [0, 0.05) is 24.2 Å².